The molecule has 9 heteroatoms. The molecule has 0 amide bonds. The van der Waals surface area contributed by atoms with Crippen LogP contribution in [0.25, 0.3) is 0 Å². The van der Waals surface area contributed by atoms with Crippen molar-refractivity contribution < 1.29 is 16.8 Å². The van der Waals surface area contributed by atoms with Gasteiger partial charge in [0.25, 0.3) is 0 Å². The lowest BCUT2D eigenvalue weighted by Crippen LogP contribution is -2.37. The molecule has 1 atom stereocenters. The van der Waals surface area contributed by atoms with Crippen LogP contribution in [-0.4, -0.2) is 39.9 Å². The van der Waals surface area contributed by atoms with E-state index in [1.54, 1.807) is 0 Å². The summed E-state index contributed by atoms with van der Waals surface area (Å²) in [6.07, 6.45) is 3.51. The van der Waals surface area contributed by atoms with Gasteiger partial charge in [-0.1, -0.05) is 11.6 Å². The highest BCUT2D eigenvalue weighted by atomic mass is 35.5. The molecule has 0 saturated carbocycles. The van der Waals surface area contributed by atoms with Gasteiger partial charge in [0.1, 0.15) is 14.7 Å². The molecule has 1 unspecified atom stereocenters. The molecule has 1 heterocycles. The summed E-state index contributed by atoms with van der Waals surface area (Å²) in [5.74, 6) is -0.288. The second-order valence-corrected chi connectivity index (χ2v) is 8.20. The lowest BCUT2D eigenvalue weighted by atomic mass is 10.4. The van der Waals surface area contributed by atoms with Crippen molar-refractivity contribution in [3.05, 3.63) is 23.5 Å². The summed E-state index contributed by atoms with van der Waals surface area (Å²) >= 11 is 5.75. The van der Waals surface area contributed by atoms with Crippen molar-refractivity contribution in [3.63, 3.8) is 0 Å². The fourth-order valence-electron chi connectivity index (χ4n) is 1.38. The number of halogens is 1. The Morgan fingerprint density at radius 3 is 2.50 bits per heavy atom. The van der Waals surface area contributed by atoms with Crippen LogP contribution in [0.5, 0.6) is 0 Å². The van der Waals surface area contributed by atoms with Gasteiger partial charge >= 0.3 is 0 Å². The van der Waals surface area contributed by atoms with Crippen LogP contribution in [0.4, 0.5) is 0 Å². The Bertz CT molecular complexity index is 628. The quantitative estimate of drug-likeness (QED) is 0.852. The van der Waals surface area contributed by atoms with E-state index in [0.29, 0.717) is 0 Å². The zero-order valence-corrected chi connectivity index (χ0v) is 12.2. The normalized spacial score (nSPS) is 14.4. The first-order valence-corrected chi connectivity index (χ1v) is 8.83. The SMILES string of the molecule is CC(CS(C)(=O)=O)NS(=O)(=O)c1cnccc1Cl. The Hall–Kier alpha value is -0.700. The van der Waals surface area contributed by atoms with Crippen molar-refractivity contribution >= 4 is 31.5 Å². The largest absolute Gasteiger partial charge is 0.263 e. The van der Waals surface area contributed by atoms with E-state index < -0.39 is 25.9 Å². The Morgan fingerprint density at radius 2 is 2.00 bits per heavy atom. The third kappa shape index (κ3) is 4.52. The number of nitrogens with zero attached hydrogens (tertiary/aromatic N) is 1. The third-order valence-corrected chi connectivity index (χ3v) is 5.10. The van der Waals surface area contributed by atoms with E-state index >= 15 is 0 Å². The lowest BCUT2D eigenvalue weighted by molar-refractivity contribution is 0.564. The van der Waals surface area contributed by atoms with Crippen LogP contribution in [0.15, 0.2) is 23.4 Å². The number of sulfonamides is 1. The second-order valence-electron chi connectivity index (χ2n) is 3.92. The molecule has 6 nitrogen and oxygen atoms in total. The highest BCUT2D eigenvalue weighted by Crippen LogP contribution is 2.19. The maximum Gasteiger partial charge on any atom is 0.243 e. The van der Waals surface area contributed by atoms with Crippen LogP contribution in [-0.2, 0) is 19.9 Å². The van der Waals surface area contributed by atoms with Crippen LogP contribution >= 0.6 is 11.6 Å². The standard InChI is InChI=1S/C9H13ClN2O4S2/c1-7(6-17(2,13)14)12-18(15,16)9-5-11-4-3-8(9)10/h3-5,7,12H,6H2,1-2H3. The van der Waals surface area contributed by atoms with E-state index in [1.807, 2.05) is 0 Å². The minimum Gasteiger partial charge on any atom is -0.263 e. The minimum absolute atomic E-state index is 0.0315. The Balaban J connectivity index is 2.93. The summed E-state index contributed by atoms with van der Waals surface area (Å²) in [5, 5.41) is 0.0315. The molecule has 0 fully saturated rings. The van der Waals surface area contributed by atoms with Gasteiger partial charge < -0.3 is 0 Å². The molecule has 1 aromatic rings. The molecule has 0 saturated heterocycles. The van der Waals surface area contributed by atoms with E-state index in [2.05, 4.69) is 9.71 Å². The maximum absolute atomic E-state index is 11.9. The fraction of sp³-hybridized carbons (Fsp3) is 0.444. The van der Waals surface area contributed by atoms with Crippen LogP contribution in [0.3, 0.4) is 0 Å². The van der Waals surface area contributed by atoms with Crippen molar-refractivity contribution in [1.29, 1.82) is 0 Å². The van der Waals surface area contributed by atoms with Gasteiger partial charge in [-0.25, -0.2) is 21.6 Å². The molecule has 0 aliphatic rings. The van der Waals surface area contributed by atoms with Gasteiger partial charge in [-0.15, -0.1) is 0 Å². The molecular formula is C9H13ClN2O4S2. The van der Waals surface area contributed by atoms with Crippen molar-refractivity contribution in [3.8, 4) is 0 Å². The number of rotatable bonds is 5. The van der Waals surface area contributed by atoms with Gasteiger partial charge in [-0.3, -0.25) is 4.98 Å². The average molecular weight is 313 g/mol. The van der Waals surface area contributed by atoms with Crippen LogP contribution in [0.2, 0.25) is 5.02 Å². The van der Waals surface area contributed by atoms with Gasteiger partial charge in [-0.05, 0) is 13.0 Å². The predicted octanol–water partition coefficient (Wildman–Crippen LogP) is 0.446. The van der Waals surface area contributed by atoms with E-state index in [1.165, 1.54) is 19.2 Å². The molecule has 1 N–H and O–H groups in total. The first-order chi connectivity index (χ1) is 8.12. The Labute approximate surface area is 111 Å². The monoisotopic (exact) mass is 312 g/mol. The number of aromatic nitrogens is 1. The van der Waals surface area contributed by atoms with Gasteiger partial charge in [0.2, 0.25) is 10.0 Å². The molecule has 1 rings (SSSR count). The average Bonchev–Trinajstić information content (AvgIpc) is 2.13. The zero-order valence-electron chi connectivity index (χ0n) is 9.79. The zero-order chi connectivity index (χ0) is 14.0. The molecule has 0 bridgehead atoms. The summed E-state index contributed by atoms with van der Waals surface area (Å²) in [6.45, 7) is 1.46. The van der Waals surface area contributed by atoms with E-state index in [4.69, 9.17) is 11.6 Å². The first-order valence-electron chi connectivity index (χ1n) is 4.91. The number of nitrogens with one attached hydrogen (secondary N) is 1. The molecular weight excluding hydrogens is 300 g/mol. The fourth-order valence-corrected chi connectivity index (χ4v) is 4.15. The van der Waals surface area contributed by atoms with Gasteiger partial charge in [-0.2, -0.15) is 0 Å². The van der Waals surface area contributed by atoms with E-state index in [-0.39, 0.29) is 15.7 Å². The summed E-state index contributed by atoms with van der Waals surface area (Å²) in [6, 6.07) is 0.596. The van der Waals surface area contributed by atoms with E-state index in [0.717, 1.165) is 12.5 Å². The van der Waals surface area contributed by atoms with Crippen LogP contribution in [0, 0.1) is 0 Å². The summed E-state index contributed by atoms with van der Waals surface area (Å²) in [7, 11) is -7.14. The summed E-state index contributed by atoms with van der Waals surface area (Å²) in [4.78, 5) is 3.50. The molecule has 0 radical (unpaired) electrons. The molecule has 1 aromatic heterocycles. The van der Waals surface area contributed by atoms with Crippen molar-refractivity contribution in [2.45, 2.75) is 17.9 Å². The molecule has 0 aliphatic heterocycles. The molecule has 0 spiro atoms. The molecule has 0 aliphatic carbocycles. The summed E-state index contributed by atoms with van der Waals surface area (Å²) < 4.78 is 48.2. The Kier molecular flexibility index (Phi) is 4.71. The van der Waals surface area contributed by atoms with Gasteiger partial charge in [0.05, 0.1) is 10.8 Å². The van der Waals surface area contributed by atoms with Crippen LogP contribution < -0.4 is 4.72 Å². The van der Waals surface area contributed by atoms with Gasteiger partial charge in [0, 0.05) is 24.7 Å². The highest BCUT2D eigenvalue weighted by Gasteiger charge is 2.22. The van der Waals surface area contributed by atoms with Crippen molar-refractivity contribution in [2.24, 2.45) is 0 Å². The number of hydrogen-bond donors (Lipinski definition) is 1. The second kappa shape index (κ2) is 5.52. The topological polar surface area (TPSA) is 93.2 Å². The van der Waals surface area contributed by atoms with Gasteiger partial charge in [0.15, 0.2) is 0 Å². The number of sulfone groups is 1. The molecule has 0 aromatic carbocycles. The number of pyridine rings is 1. The Morgan fingerprint density at radius 1 is 1.39 bits per heavy atom. The molecule has 18 heavy (non-hydrogen) atoms. The predicted molar refractivity (Wildman–Crippen MR) is 68.7 cm³/mol. The first kappa shape index (κ1) is 15.4. The highest BCUT2D eigenvalue weighted by molar-refractivity contribution is 7.91. The number of hydrogen-bond acceptors (Lipinski definition) is 5. The third-order valence-electron chi connectivity index (χ3n) is 1.93. The minimum atomic E-state index is -3.87. The molecule has 102 valence electrons. The van der Waals surface area contributed by atoms with Crippen LogP contribution in [0.1, 0.15) is 6.92 Å². The summed E-state index contributed by atoms with van der Waals surface area (Å²) in [5.41, 5.74) is 0. The maximum atomic E-state index is 11.9. The van der Waals surface area contributed by atoms with Crippen molar-refractivity contribution in [1.82, 2.24) is 9.71 Å². The smallest absolute Gasteiger partial charge is 0.243 e. The van der Waals surface area contributed by atoms with Crippen molar-refractivity contribution in [2.75, 3.05) is 12.0 Å². The van der Waals surface area contributed by atoms with E-state index in [9.17, 15) is 16.8 Å². The lowest BCUT2D eigenvalue weighted by Gasteiger charge is -2.13.